The zero-order valence-electron chi connectivity index (χ0n) is 6.63. The van der Waals surface area contributed by atoms with Crippen LogP contribution in [0.4, 0.5) is 0 Å². The fourth-order valence-corrected chi connectivity index (χ4v) is 1.21. The number of pyridine rings is 1. The molecule has 0 bridgehead atoms. The molecule has 0 aliphatic rings. The average molecular weight is 157 g/mol. The van der Waals surface area contributed by atoms with Crippen molar-refractivity contribution in [1.29, 1.82) is 5.26 Å². The van der Waals surface area contributed by atoms with Gasteiger partial charge in [-0.15, -0.1) is 0 Å². The summed E-state index contributed by atoms with van der Waals surface area (Å²) in [5, 5.41) is 9.60. The van der Waals surface area contributed by atoms with Crippen LogP contribution in [0.25, 0.3) is 11.0 Å². The molecule has 0 radical (unpaired) electrons. The molecular weight excluding hydrogens is 150 g/mol. The molecule has 0 saturated heterocycles. The highest BCUT2D eigenvalue weighted by atomic mass is 14.8. The van der Waals surface area contributed by atoms with E-state index in [4.69, 9.17) is 5.26 Å². The first-order valence-corrected chi connectivity index (χ1v) is 3.65. The predicted molar refractivity (Wildman–Crippen MR) is 45.5 cm³/mol. The molecule has 1 N–H and O–H groups in total. The van der Waals surface area contributed by atoms with Crippen LogP contribution in [-0.2, 0) is 0 Å². The fourth-order valence-electron chi connectivity index (χ4n) is 1.21. The van der Waals surface area contributed by atoms with Gasteiger partial charge < -0.3 is 4.98 Å². The number of aryl methyl sites for hydroxylation is 1. The minimum Gasteiger partial charge on any atom is -0.344 e. The van der Waals surface area contributed by atoms with Gasteiger partial charge in [0.05, 0.1) is 5.56 Å². The zero-order chi connectivity index (χ0) is 8.55. The molecule has 0 aliphatic heterocycles. The van der Waals surface area contributed by atoms with E-state index in [1.54, 1.807) is 6.20 Å². The van der Waals surface area contributed by atoms with Gasteiger partial charge in [0.2, 0.25) is 0 Å². The highest BCUT2D eigenvalue weighted by Gasteiger charge is 1.98. The maximum absolute atomic E-state index is 8.60. The van der Waals surface area contributed by atoms with Crippen LogP contribution in [0.15, 0.2) is 18.3 Å². The van der Waals surface area contributed by atoms with Crippen molar-refractivity contribution in [2.75, 3.05) is 0 Å². The van der Waals surface area contributed by atoms with E-state index in [-0.39, 0.29) is 0 Å². The van der Waals surface area contributed by atoms with Crippen LogP contribution < -0.4 is 0 Å². The summed E-state index contributed by atoms with van der Waals surface area (Å²) in [4.78, 5) is 7.18. The Kier molecular flexibility index (Phi) is 1.34. The van der Waals surface area contributed by atoms with Crippen molar-refractivity contribution in [3.8, 4) is 6.07 Å². The van der Waals surface area contributed by atoms with E-state index in [1.807, 2.05) is 19.1 Å². The van der Waals surface area contributed by atoms with Crippen LogP contribution in [0, 0.1) is 18.3 Å². The van der Waals surface area contributed by atoms with E-state index >= 15 is 0 Å². The molecule has 0 unspecified atom stereocenters. The maximum Gasteiger partial charge on any atom is 0.137 e. The molecule has 3 nitrogen and oxygen atoms in total. The predicted octanol–water partition coefficient (Wildman–Crippen LogP) is 1.74. The van der Waals surface area contributed by atoms with Crippen LogP contribution in [0.1, 0.15) is 11.3 Å². The molecule has 2 aromatic rings. The molecule has 12 heavy (non-hydrogen) atoms. The van der Waals surface area contributed by atoms with E-state index in [2.05, 4.69) is 16.0 Å². The van der Waals surface area contributed by atoms with Gasteiger partial charge in [-0.1, -0.05) is 0 Å². The molecule has 58 valence electrons. The van der Waals surface area contributed by atoms with Gasteiger partial charge in [-0.05, 0) is 19.1 Å². The summed E-state index contributed by atoms with van der Waals surface area (Å²) in [5.74, 6) is 0. The second kappa shape index (κ2) is 2.35. The number of hydrogen-bond acceptors (Lipinski definition) is 2. The lowest BCUT2D eigenvalue weighted by Gasteiger charge is -1.87. The van der Waals surface area contributed by atoms with Crippen molar-refractivity contribution in [3.05, 3.63) is 29.6 Å². The number of fused-ring (bicyclic) bond motifs is 1. The Morgan fingerprint density at radius 3 is 3.08 bits per heavy atom. The Hall–Kier alpha value is -1.82. The number of rotatable bonds is 0. The summed E-state index contributed by atoms with van der Waals surface area (Å²) >= 11 is 0. The van der Waals surface area contributed by atoms with E-state index in [1.165, 1.54) is 0 Å². The minimum atomic E-state index is 0.599. The van der Waals surface area contributed by atoms with Crippen LogP contribution in [0.5, 0.6) is 0 Å². The fraction of sp³-hybridized carbons (Fsp3) is 0.111. The van der Waals surface area contributed by atoms with E-state index in [0.717, 1.165) is 16.7 Å². The third kappa shape index (κ3) is 0.940. The summed E-state index contributed by atoms with van der Waals surface area (Å²) in [6, 6.07) is 5.85. The smallest absolute Gasteiger partial charge is 0.137 e. The number of nitrogens with zero attached hydrogens (tertiary/aromatic N) is 2. The van der Waals surface area contributed by atoms with E-state index in [0.29, 0.717) is 5.56 Å². The summed E-state index contributed by atoms with van der Waals surface area (Å²) in [7, 11) is 0. The second-order valence-corrected chi connectivity index (χ2v) is 2.73. The van der Waals surface area contributed by atoms with E-state index in [9.17, 15) is 0 Å². The van der Waals surface area contributed by atoms with Gasteiger partial charge >= 0.3 is 0 Å². The zero-order valence-corrected chi connectivity index (χ0v) is 6.63. The van der Waals surface area contributed by atoms with Crippen molar-refractivity contribution in [3.63, 3.8) is 0 Å². The number of aromatic nitrogens is 2. The van der Waals surface area contributed by atoms with Crippen molar-refractivity contribution in [1.82, 2.24) is 9.97 Å². The minimum absolute atomic E-state index is 0.599. The Balaban J connectivity index is 2.77. The van der Waals surface area contributed by atoms with Gasteiger partial charge in [-0.2, -0.15) is 5.26 Å². The van der Waals surface area contributed by atoms with Gasteiger partial charge in [-0.3, -0.25) is 0 Å². The number of nitrogens with one attached hydrogen (secondary N) is 1. The van der Waals surface area contributed by atoms with Gasteiger partial charge in [0, 0.05) is 17.3 Å². The monoisotopic (exact) mass is 157 g/mol. The van der Waals surface area contributed by atoms with Gasteiger partial charge in [0.15, 0.2) is 0 Å². The first-order chi connectivity index (χ1) is 5.79. The van der Waals surface area contributed by atoms with Crippen molar-refractivity contribution >= 4 is 11.0 Å². The van der Waals surface area contributed by atoms with Crippen LogP contribution >= 0.6 is 0 Å². The Bertz CT molecular complexity index is 462. The Morgan fingerprint density at radius 2 is 2.33 bits per heavy atom. The molecule has 2 heterocycles. The first-order valence-electron chi connectivity index (χ1n) is 3.65. The molecule has 0 aromatic carbocycles. The van der Waals surface area contributed by atoms with Crippen LogP contribution in [0.2, 0.25) is 0 Å². The van der Waals surface area contributed by atoms with Crippen LogP contribution in [-0.4, -0.2) is 9.97 Å². The summed E-state index contributed by atoms with van der Waals surface area (Å²) in [5.41, 5.74) is 2.50. The third-order valence-electron chi connectivity index (χ3n) is 1.73. The van der Waals surface area contributed by atoms with E-state index < -0.39 is 0 Å². The maximum atomic E-state index is 8.60. The SMILES string of the molecule is Cc1cc2cc(C#N)cnc2[nH]1. The van der Waals surface area contributed by atoms with Gasteiger partial charge in [-0.25, -0.2) is 4.98 Å². The topological polar surface area (TPSA) is 52.5 Å². The van der Waals surface area contributed by atoms with Crippen molar-refractivity contribution in [2.45, 2.75) is 6.92 Å². The molecule has 0 spiro atoms. The third-order valence-corrected chi connectivity index (χ3v) is 1.73. The lowest BCUT2D eigenvalue weighted by Crippen LogP contribution is -1.78. The molecule has 0 atom stereocenters. The Morgan fingerprint density at radius 1 is 1.50 bits per heavy atom. The van der Waals surface area contributed by atoms with Crippen molar-refractivity contribution in [2.24, 2.45) is 0 Å². The average Bonchev–Trinajstić information content (AvgIpc) is 2.43. The van der Waals surface area contributed by atoms with Gasteiger partial charge in [0.25, 0.3) is 0 Å². The lowest BCUT2D eigenvalue weighted by molar-refractivity contribution is 1.24. The van der Waals surface area contributed by atoms with Gasteiger partial charge in [0.1, 0.15) is 11.7 Å². The molecular formula is C9H7N3. The summed E-state index contributed by atoms with van der Waals surface area (Å²) in [6.45, 7) is 1.97. The quantitative estimate of drug-likeness (QED) is 0.633. The molecule has 2 aromatic heterocycles. The Labute approximate surface area is 69.7 Å². The molecule has 0 saturated carbocycles. The van der Waals surface area contributed by atoms with Crippen molar-refractivity contribution < 1.29 is 0 Å². The highest BCUT2D eigenvalue weighted by Crippen LogP contribution is 2.13. The molecule has 0 fully saturated rings. The summed E-state index contributed by atoms with van der Waals surface area (Å²) < 4.78 is 0. The normalized spacial score (nSPS) is 10.0. The number of hydrogen-bond donors (Lipinski definition) is 1. The molecule has 0 amide bonds. The second-order valence-electron chi connectivity index (χ2n) is 2.73. The molecule has 0 aliphatic carbocycles. The first kappa shape index (κ1) is 6.86. The van der Waals surface area contributed by atoms with Crippen LogP contribution in [0.3, 0.4) is 0 Å². The largest absolute Gasteiger partial charge is 0.344 e. The highest BCUT2D eigenvalue weighted by molar-refractivity contribution is 5.77. The number of H-pyrrole nitrogens is 1. The molecule has 3 heteroatoms. The lowest BCUT2D eigenvalue weighted by atomic mass is 10.2. The summed E-state index contributed by atoms with van der Waals surface area (Å²) in [6.07, 6.45) is 1.57. The number of nitriles is 1. The molecule has 2 rings (SSSR count). The standard InChI is InChI=1S/C9H7N3/c1-6-2-8-3-7(4-10)5-11-9(8)12-6/h2-3,5H,1H3,(H,11,12). The number of aromatic amines is 1.